The summed E-state index contributed by atoms with van der Waals surface area (Å²) in [5.41, 5.74) is 6.58. The molecule has 5 nitrogen and oxygen atoms in total. The molecule has 0 saturated carbocycles. The Morgan fingerprint density at radius 2 is 1.96 bits per heavy atom. The van der Waals surface area contributed by atoms with Crippen molar-refractivity contribution in [2.45, 2.75) is 23.7 Å². The molecule has 0 amide bonds. The number of aromatic nitrogens is 2. The fourth-order valence-corrected chi connectivity index (χ4v) is 2.56. The summed E-state index contributed by atoms with van der Waals surface area (Å²) >= 11 is 1.27. The summed E-state index contributed by atoms with van der Waals surface area (Å²) in [5.74, 6) is -0.191. The normalized spacial score (nSPS) is 12.5. The van der Waals surface area contributed by atoms with Crippen molar-refractivity contribution < 1.29 is 17.9 Å². The Hall–Kier alpha value is -2.47. The minimum absolute atomic E-state index is 0.0890. The molecule has 0 spiro atoms. The van der Waals surface area contributed by atoms with Crippen LogP contribution in [0.5, 0.6) is 5.75 Å². The lowest BCUT2D eigenvalue weighted by Crippen LogP contribution is -2.17. The maximum Gasteiger partial charge on any atom is 0.573 e. The van der Waals surface area contributed by atoms with Crippen molar-refractivity contribution in [3.63, 3.8) is 0 Å². The molecule has 2 rings (SSSR count). The molecule has 23 heavy (non-hydrogen) atoms. The summed E-state index contributed by atoms with van der Waals surface area (Å²) in [6, 6.07) is 7.42. The number of halogens is 3. The summed E-state index contributed by atoms with van der Waals surface area (Å²) in [6.07, 6.45) is -3.38. The maximum absolute atomic E-state index is 12.1. The number of thioether (sulfide) groups is 1. The minimum atomic E-state index is -4.71. The molecule has 2 N–H and O–H groups in total. The SMILES string of the molecule is CC(Sc1ncc(C#N)c(N)n1)c1ccc(OC(F)(F)F)cc1. The van der Waals surface area contributed by atoms with E-state index >= 15 is 0 Å². The fourth-order valence-electron chi connectivity index (χ4n) is 1.69. The van der Waals surface area contributed by atoms with Crippen molar-refractivity contribution in [2.24, 2.45) is 0 Å². The highest BCUT2D eigenvalue weighted by Gasteiger charge is 2.31. The zero-order chi connectivity index (χ0) is 17.0. The molecule has 0 aliphatic rings. The second-order valence-corrected chi connectivity index (χ2v) is 5.75. The third kappa shape index (κ3) is 4.75. The number of hydrogen-bond acceptors (Lipinski definition) is 6. The van der Waals surface area contributed by atoms with Crippen LogP contribution < -0.4 is 10.5 Å². The number of alkyl halides is 3. The van der Waals surface area contributed by atoms with E-state index in [1.54, 1.807) is 0 Å². The molecule has 120 valence electrons. The van der Waals surface area contributed by atoms with Crippen molar-refractivity contribution >= 4 is 17.6 Å². The third-order valence-electron chi connectivity index (χ3n) is 2.78. The lowest BCUT2D eigenvalue weighted by molar-refractivity contribution is -0.274. The lowest BCUT2D eigenvalue weighted by atomic mass is 10.2. The lowest BCUT2D eigenvalue weighted by Gasteiger charge is -2.13. The van der Waals surface area contributed by atoms with E-state index in [2.05, 4.69) is 14.7 Å². The van der Waals surface area contributed by atoms with Gasteiger partial charge in [-0.25, -0.2) is 9.97 Å². The zero-order valence-electron chi connectivity index (χ0n) is 11.8. The van der Waals surface area contributed by atoms with Gasteiger partial charge >= 0.3 is 6.36 Å². The van der Waals surface area contributed by atoms with Gasteiger partial charge in [0.1, 0.15) is 23.2 Å². The van der Waals surface area contributed by atoms with E-state index < -0.39 is 6.36 Å². The number of nitrogens with zero attached hydrogens (tertiary/aromatic N) is 3. The maximum atomic E-state index is 12.1. The Kier molecular flexibility index (Phi) is 4.95. The van der Waals surface area contributed by atoms with Crippen molar-refractivity contribution in [1.29, 1.82) is 5.26 Å². The summed E-state index contributed by atoms with van der Waals surface area (Å²) in [7, 11) is 0. The van der Waals surface area contributed by atoms with Crippen LogP contribution in [0, 0.1) is 11.3 Å². The number of nitrogens with two attached hydrogens (primary N) is 1. The van der Waals surface area contributed by atoms with E-state index in [4.69, 9.17) is 11.0 Å². The molecule has 0 aliphatic heterocycles. The average molecular weight is 340 g/mol. The Morgan fingerprint density at radius 3 is 2.48 bits per heavy atom. The van der Waals surface area contributed by atoms with Crippen LogP contribution in [0.15, 0.2) is 35.6 Å². The van der Waals surface area contributed by atoms with Crippen molar-refractivity contribution in [2.75, 3.05) is 5.73 Å². The van der Waals surface area contributed by atoms with Gasteiger partial charge in [-0.1, -0.05) is 23.9 Å². The number of nitriles is 1. The van der Waals surface area contributed by atoms with Gasteiger partial charge in [-0.2, -0.15) is 5.26 Å². The van der Waals surface area contributed by atoms with Crippen molar-refractivity contribution in [3.8, 4) is 11.8 Å². The molecule has 0 bridgehead atoms. The molecule has 1 unspecified atom stereocenters. The van der Waals surface area contributed by atoms with Crippen LogP contribution in [-0.4, -0.2) is 16.3 Å². The average Bonchev–Trinajstić information content (AvgIpc) is 2.46. The second kappa shape index (κ2) is 6.75. The van der Waals surface area contributed by atoms with Crippen LogP contribution in [0.2, 0.25) is 0 Å². The molecule has 1 aromatic carbocycles. The van der Waals surface area contributed by atoms with Crippen LogP contribution in [0.4, 0.5) is 19.0 Å². The number of hydrogen-bond donors (Lipinski definition) is 1. The molecule has 1 aromatic heterocycles. The first-order chi connectivity index (χ1) is 10.8. The van der Waals surface area contributed by atoms with Gasteiger partial charge in [0, 0.05) is 5.25 Å². The van der Waals surface area contributed by atoms with Gasteiger partial charge in [-0.3, -0.25) is 0 Å². The van der Waals surface area contributed by atoms with Crippen LogP contribution in [0.25, 0.3) is 0 Å². The first kappa shape index (κ1) is 16.9. The predicted octanol–water partition coefficient (Wildman–Crippen LogP) is 3.68. The molecule has 1 heterocycles. The molecular weight excluding hydrogens is 329 g/mol. The third-order valence-corrected chi connectivity index (χ3v) is 3.82. The van der Waals surface area contributed by atoms with E-state index in [1.165, 1.54) is 42.2 Å². The van der Waals surface area contributed by atoms with Crippen molar-refractivity contribution in [3.05, 3.63) is 41.6 Å². The zero-order valence-corrected chi connectivity index (χ0v) is 12.6. The van der Waals surface area contributed by atoms with Gasteiger partial charge in [0.05, 0.1) is 6.20 Å². The topological polar surface area (TPSA) is 84.8 Å². The molecule has 0 saturated heterocycles. The fraction of sp³-hybridized carbons (Fsp3) is 0.214. The number of nitrogen functional groups attached to an aromatic ring is 1. The summed E-state index contributed by atoms with van der Waals surface area (Å²) in [4.78, 5) is 8.03. The largest absolute Gasteiger partial charge is 0.573 e. The highest BCUT2D eigenvalue weighted by Crippen LogP contribution is 2.34. The Balaban J connectivity index is 2.07. The number of anilines is 1. The van der Waals surface area contributed by atoms with E-state index in [1.807, 2.05) is 13.0 Å². The van der Waals surface area contributed by atoms with Crippen LogP contribution in [0.1, 0.15) is 23.3 Å². The van der Waals surface area contributed by atoms with Gasteiger partial charge in [0.25, 0.3) is 0 Å². The van der Waals surface area contributed by atoms with Gasteiger partial charge in [-0.15, -0.1) is 13.2 Å². The van der Waals surface area contributed by atoms with Crippen LogP contribution in [-0.2, 0) is 0 Å². The van der Waals surface area contributed by atoms with E-state index in [0.29, 0.717) is 5.16 Å². The smallest absolute Gasteiger partial charge is 0.406 e. The highest BCUT2D eigenvalue weighted by molar-refractivity contribution is 7.99. The molecule has 1 atom stereocenters. The number of rotatable bonds is 4. The minimum Gasteiger partial charge on any atom is -0.406 e. The summed E-state index contributed by atoms with van der Waals surface area (Å²) in [6.45, 7) is 1.85. The highest BCUT2D eigenvalue weighted by atomic mass is 32.2. The monoisotopic (exact) mass is 340 g/mol. The molecule has 0 fully saturated rings. The molecular formula is C14H11F3N4OS. The molecule has 2 aromatic rings. The van der Waals surface area contributed by atoms with Gasteiger partial charge in [-0.05, 0) is 24.6 Å². The van der Waals surface area contributed by atoms with E-state index in [0.717, 1.165) is 5.56 Å². The standard InChI is InChI=1S/C14H11F3N4OS/c1-8(23-13-20-7-10(6-18)12(19)21-13)9-2-4-11(5-3-9)22-14(15,16)17/h2-5,7-8H,1H3,(H2,19,20,21). The van der Waals surface area contributed by atoms with Gasteiger partial charge in [0.15, 0.2) is 5.16 Å². The number of benzene rings is 1. The van der Waals surface area contributed by atoms with Gasteiger partial charge in [0.2, 0.25) is 0 Å². The first-order valence-electron chi connectivity index (χ1n) is 6.33. The van der Waals surface area contributed by atoms with E-state index in [-0.39, 0.29) is 22.4 Å². The van der Waals surface area contributed by atoms with Crippen LogP contribution in [0.3, 0.4) is 0 Å². The summed E-state index contributed by atoms with van der Waals surface area (Å²) < 4.78 is 40.1. The Bertz CT molecular complexity index is 728. The number of ether oxygens (including phenoxy) is 1. The second-order valence-electron chi connectivity index (χ2n) is 4.44. The van der Waals surface area contributed by atoms with Crippen LogP contribution >= 0.6 is 11.8 Å². The Labute approximate surface area is 134 Å². The van der Waals surface area contributed by atoms with Gasteiger partial charge < -0.3 is 10.5 Å². The molecule has 9 heteroatoms. The Morgan fingerprint density at radius 1 is 1.30 bits per heavy atom. The molecule has 0 aliphatic carbocycles. The first-order valence-corrected chi connectivity index (χ1v) is 7.21. The van der Waals surface area contributed by atoms with Crippen molar-refractivity contribution in [1.82, 2.24) is 9.97 Å². The van der Waals surface area contributed by atoms with E-state index in [9.17, 15) is 13.2 Å². The molecule has 0 radical (unpaired) electrons. The predicted molar refractivity (Wildman–Crippen MR) is 78.6 cm³/mol. The quantitative estimate of drug-likeness (QED) is 0.675. The summed E-state index contributed by atoms with van der Waals surface area (Å²) in [5, 5.41) is 9.02.